The summed E-state index contributed by atoms with van der Waals surface area (Å²) in [5.74, 6) is -0.372. The SMILES string of the molecule is CC(=O)O[C@H]1CCN(C(=O)OC(C)(C)C)N1. The summed E-state index contributed by atoms with van der Waals surface area (Å²) in [7, 11) is 0. The smallest absolute Gasteiger partial charge is 0.424 e. The molecule has 0 aromatic carbocycles. The molecule has 6 heteroatoms. The Balaban J connectivity index is 2.41. The Bertz CT molecular complexity index is 285. The van der Waals surface area contributed by atoms with Crippen LogP contribution in [0.4, 0.5) is 4.79 Å². The molecule has 0 spiro atoms. The fourth-order valence-electron chi connectivity index (χ4n) is 1.30. The molecular formula is C10H18N2O4. The molecule has 1 saturated heterocycles. The van der Waals surface area contributed by atoms with Crippen LogP contribution in [0.5, 0.6) is 0 Å². The van der Waals surface area contributed by atoms with E-state index in [1.165, 1.54) is 11.9 Å². The molecule has 1 atom stereocenters. The van der Waals surface area contributed by atoms with Gasteiger partial charge in [-0.3, -0.25) is 4.79 Å². The first-order valence-electron chi connectivity index (χ1n) is 5.22. The first-order chi connectivity index (χ1) is 7.28. The molecule has 0 aromatic rings. The standard InChI is InChI=1S/C10H18N2O4/c1-7(13)15-8-5-6-12(11-8)9(14)16-10(2,3)4/h8,11H,5-6H2,1-4H3/t8-/m0/s1. The number of hydrazine groups is 1. The topological polar surface area (TPSA) is 67.9 Å². The van der Waals surface area contributed by atoms with Gasteiger partial charge in [-0.2, -0.15) is 5.43 Å². The van der Waals surface area contributed by atoms with Crippen molar-refractivity contribution in [3.8, 4) is 0 Å². The number of nitrogens with one attached hydrogen (secondary N) is 1. The largest absolute Gasteiger partial charge is 0.445 e. The third kappa shape index (κ3) is 4.06. The van der Waals surface area contributed by atoms with Gasteiger partial charge >= 0.3 is 12.1 Å². The Labute approximate surface area is 94.8 Å². The minimum Gasteiger partial charge on any atom is -0.445 e. The summed E-state index contributed by atoms with van der Waals surface area (Å²) in [6.45, 7) is 7.18. The molecule has 1 fully saturated rings. The summed E-state index contributed by atoms with van der Waals surface area (Å²) in [6.07, 6.45) is -0.328. The maximum absolute atomic E-state index is 11.6. The predicted molar refractivity (Wildman–Crippen MR) is 56.2 cm³/mol. The fourth-order valence-corrected chi connectivity index (χ4v) is 1.30. The van der Waals surface area contributed by atoms with Crippen LogP contribution in [0, 0.1) is 0 Å². The minimum atomic E-state index is -0.529. The van der Waals surface area contributed by atoms with E-state index >= 15 is 0 Å². The van der Waals surface area contributed by atoms with Crippen molar-refractivity contribution in [3.63, 3.8) is 0 Å². The fraction of sp³-hybridized carbons (Fsp3) is 0.800. The average Bonchev–Trinajstić information content (AvgIpc) is 2.48. The molecule has 92 valence electrons. The van der Waals surface area contributed by atoms with Crippen LogP contribution in [0.15, 0.2) is 0 Å². The van der Waals surface area contributed by atoms with Gasteiger partial charge in [-0.1, -0.05) is 0 Å². The molecule has 0 saturated carbocycles. The second-order valence-corrected chi connectivity index (χ2v) is 4.65. The zero-order valence-electron chi connectivity index (χ0n) is 10.1. The van der Waals surface area contributed by atoms with E-state index in [4.69, 9.17) is 9.47 Å². The molecule has 0 aliphatic carbocycles. The number of ether oxygens (including phenoxy) is 2. The third-order valence-electron chi connectivity index (χ3n) is 1.84. The summed E-state index contributed by atoms with van der Waals surface area (Å²) in [5.41, 5.74) is 2.23. The van der Waals surface area contributed by atoms with Crippen LogP contribution < -0.4 is 5.43 Å². The van der Waals surface area contributed by atoms with Gasteiger partial charge in [0.25, 0.3) is 0 Å². The lowest BCUT2D eigenvalue weighted by atomic mass is 10.2. The highest BCUT2D eigenvalue weighted by Gasteiger charge is 2.30. The number of esters is 1. The van der Waals surface area contributed by atoms with Crippen LogP contribution in [0.25, 0.3) is 0 Å². The zero-order valence-corrected chi connectivity index (χ0v) is 10.1. The average molecular weight is 230 g/mol. The summed E-state index contributed by atoms with van der Waals surface area (Å²) in [5, 5.41) is 1.32. The third-order valence-corrected chi connectivity index (χ3v) is 1.84. The van der Waals surface area contributed by atoms with Crippen molar-refractivity contribution in [1.29, 1.82) is 0 Å². The summed E-state index contributed by atoms with van der Waals surface area (Å²) in [4.78, 5) is 22.3. The van der Waals surface area contributed by atoms with E-state index in [-0.39, 0.29) is 5.97 Å². The van der Waals surface area contributed by atoms with E-state index in [2.05, 4.69) is 5.43 Å². The number of hydrogen-bond donors (Lipinski definition) is 1. The number of carbonyl (C=O) groups excluding carboxylic acids is 2. The monoisotopic (exact) mass is 230 g/mol. The Hall–Kier alpha value is -1.30. The number of rotatable bonds is 1. The Morgan fingerprint density at radius 1 is 1.38 bits per heavy atom. The quantitative estimate of drug-likeness (QED) is 0.681. The van der Waals surface area contributed by atoms with E-state index in [0.29, 0.717) is 13.0 Å². The molecule has 6 nitrogen and oxygen atoms in total. The molecular weight excluding hydrogens is 212 g/mol. The van der Waals surface area contributed by atoms with Gasteiger partial charge in [-0.25, -0.2) is 9.80 Å². The molecule has 0 aromatic heterocycles. The van der Waals surface area contributed by atoms with Crippen molar-refractivity contribution in [2.45, 2.75) is 45.9 Å². The van der Waals surface area contributed by atoms with Crippen LogP contribution in [-0.2, 0) is 14.3 Å². The van der Waals surface area contributed by atoms with Gasteiger partial charge in [0.05, 0.1) is 0 Å². The van der Waals surface area contributed by atoms with Gasteiger partial charge < -0.3 is 9.47 Å². The van der Waals surface area contributed by atoms with E-state index in [1.54, 1.807) is 20.8 Å². The van der Waals surface area contributed by atoms with Crippen LogP contribution in [0.3, 0.4) is 0 Å². The number of hydrogen-bond acceptors (Lipinski definition) is 5. The zero-order chi connectivity index (χ0) is 12.3. The summed E-state index contributed by atoms with van der Waals surface area (Å²) >= 11 is 0. The minimum absolute atomic E-state index is 0.372. The van der Waals surface area contributed by atoms with Crippen molar-refractivity contribution < 1.29 is 19.1 Å². The first kappa shape index (κ1) is 12.8. The lowest BCUT2D eigenvalue weighted by Gasteiger charge is -2.24. The molecule has 0 unspecified atom stereocenters. The molecule has 0 bridgehead atoms. The molecule has 1 aliphatic heterocycles. The molecule has 1 amide bonds. The molecule has 1 rings (SSSR count). The van der Waals surface area contributed by atoms with Crippen molar-refractivity contribution in [3.05, 3.63) is 0 Å². The Morgan fingerprint density at radius 3 is 2.50 bits per heavy atom. The summed E-state index contributed by atoms with van der Waals surface area (Å²) in [6, 6.07) is 0. The number of amides is 1. The number of nitrogens with zero attached hydrogens (tertiary/aromatic N) is 1. The maximum atomic E-state index is 11.6. The van der Waals surface area contributed by atoms with E-state index in [9.17, 15) is 9.59 Å². The number of carbonyl (C=O) groups is 2. The Kier molecular flexibility index (Phi) is 3.74. The molecule has 1 N–H and O–H groups in total. The van der Waals surface area contributed by atoms with Crippen molar-refractivity contribution in [1.82, 2.24) is 10.4 Å². The molecule has 0 radical (unpaired) electrons. The summed E-state index contributed by atoms with van der Waals surface area (Å²) < 4.78 is 10.1. The van der Waals surface area contributed by atoms with E-state index < -0.39 is 17.9 Å². The lowest BCUT2D eigenvalue weighted by Crippen LogP contribution is -2.44. The lowest BCUT2D eigenvalue weighted by molar-refractivity contribution is -0.148. The second kappa shape index (κ2) is 4.69. The molecule has 1 aliphatic rings. The Morgan fingerprint density at radius 2 is 2.00 bits per heavy atom. The van der Waals surface area contributed by atoms with Crippen LogP contribution in [0.2, 0.25) is 0 Å². The highest BCUT2D eigenvalue weighted by Crippen LogP contribution is 2.13. The first-order valence-corrected chi connectivity index (χ1v) is 5.22. The maximum Gasteiger partial charge on any atom is 0.424 e. The highest BCUT2D eigenvalue weighted by molar-refractivity contribution is 5.68. The van der Waals surface area contributed by atoms with Gasteiger partial charge in [0, 0.05) is 19.9 Å². The normalized spacial score (nSPS) is 20.8. The second-order valence-electron chi connectivity index (χ2n) is 4.65. The van der Waals surface area contributed by atoms with Crippen LogP contribution >= 0.6 is 0 Å². The van der Waals surface area contributed by atoms with Crippen molar-refractivity contribution >= 4 is 12.1 Å². The predicted octanol–water partition coefficient (Wildman–Crippen LogP) is 1.02. The molecule has 1 heterocycles. The van der Waals surface area contributed by atoms with Gasteiger partial charge in [0.1, 0.15) is 5.60 Å². The van der Waals surface area contributed by atoms with Gasteiger partial charge in [0.2, 0.25) is 0 Å². The van der Waals surface area contributed by atoms with Gasteiger partial charge in [-0.05, 0) is 20.8 Å². The van der Waals surface area contributed by atoms with Crippen molar-refractivity contribution in [2.24, 2.45) is 0 Å². The van der Waals surface area contributed by atoms with E-state index in [1.807, 2.05) is 0 Å². The van der Waals surface area contributed by atoms with E-state index in [0.717, 1.165) is 0 Å². The molecule has 16 heavy (non-hydrogen) atoms. The van der Waals surface area contributed by atoms with Crippen LogP contribution in [0.1, 0.15) is 34.1 Å². The van der Waals surface area contributed by atoms with Crippen LogP contribution in [-0.4, -0.2) is 35.4 Å². The van der Waals surface area contributed by atoms with Gasteiger partial charge in [0.15, 0.2) is 6.23 Å². The van der Waals surface area contributed by atoms with Gasteiger partial charge in [-0.15, -0.1) is 0 Å². The highest BCUT2D eigenvalue weighted by atomic mass is 16.6. The van der Waals surface area contributed by atoms with Crippen molar-refractivity contribution in [2.75, 3.05) is 6.54 Å².